The second-order valence-corrected chi connectivity index (χ2v) is 4.37. The average Bonchev–Trinajstić information content (AvgIpc) is 2.01. The molecular formula is C8H9FN2O2S. The van der Waals surface area contributed by atoms with E-state index in [1.165, 1.54) is 18.2 Å². The molecule has 0 aliphatic heterocycles. The van der Waals surface area contributed by atoms with Crippen LogP contribution in [0, 0.1) is 5.82 Å². The van der Waals surface area contributed by atoms with Crippen LogP contribution in [-0.2, 0) is 10.0 Å². The van der Waals surface area contributed by atoms with Crippen LogP contribution in [0.15, 0.2) is 28.7 Å². The lowest BCUT2D eigenvalue weighted by atomic mass is 10.2. The first-order valence-electron chi connectivity index (χ1n) is 3.70. The molecule has 6 heteroatoms. The van der Waals surface area contributed by atoms with Crippen molar-refractivity contribution in [3.05, 3.63) is 35.6 Å². The molecule has 14 heavy (non-hydrogen) atoms. The van der Waals surface area contributed by atoms with Gasteiger partial charge in [-0.15, -0.1) is 4.40 Å². The zero-order chi connectivity index (χ0) is 10.8. The van der Waals surface area contributed by atoms with E-state index in [0.717, 1.165) is 12.3 Å². The van der Waals surface area contributed by atoms with E-state index in [-0.39, 0.29) is 11.4 Å². The van der Waals surface area contributed by atoms with Crippen molar-refractivity contribution in [2.45, 2.75) is 0 Å². The predicted octanol–water partition coefficient (Wildman–Crippen LogP) is 0.491. The summed E-state index contributed by atoms with van der Waals surface area (Å²) >= 11 is 0. The molecule has 2 N–H and O–H groups in total. The summed E-state index contributed by atoms with van der Waals surface area (Å²) in [7, 11) is -3.54. The first-order chi connectivity index (χ1) is 6.38. The molecule has 1 aromatic carbocycles. The third-order valence-corrected chi connectivity index (χ3v) is 1.91. The number of nitrogens with two attached hydrogens (primary N) is 1. The van der Waals surface area contributed by atoms with Gasteiger partial charge < -0.3 is 5.73 Å². The van der Waals surface area contributed by atoms with E-state index < -0.39 is 15.8 Å². The van der Waals surface area contributed by atoms with Crippen LogP contribution in [-0.4, -0.2) is 20.5 Å². The molecule has 76 valence electrons. The molecular weight excluding hydrogens is 207 g/mol. The first-order valence-corrected chi connectivity index (χ1v) is 5.55. The van der Waals surface area contributed by atoms with Crippen LogP contribution in [0.1, 0.15) is 5.56 Å². The quantitative estimate of drug-likeness (QED) is 0.577. The molecule has 1 rings (SSSR count). The standard InChI is InChI=1S/C8H9FN2O2S/c1-14(12,13)11-8(10)6-3-2-4-7(9)5-6/h2-5H,1H3,(H2,10,11). The Morgan fingerprint density at radius 1 is 1.50 bits per heavy atom. The Morgan fingerprint density at radius 3 is 2.64 bits per heavy atom. The van der Waals surface area contributed by atoms with Gasteiger partial charge in [0.2, 0.25) is 0 Å². The molecule has 0 atom stereocenters. The molecule has 0 saturated heterocycles. The Kier molecular flexibility index (Phi) is 2.85. The van der Waals surface area contributed by atoms with E-state index in [0.29, 0.717) is 0 Å². The Morgan fingerprint density at radius 2 is 2.14 bits per heavy atom. The Balaban J connectivity index is 3.13. The summed E-state index contributed by atoms with van der Waals surface area (Å²) in [5.74, 6) is -0.707. The third-order valence-electron chi connectivity index (χ3n) is 1.38. The third kappa shape index (κ3) is 3.14. The van der Waals surface area contributed by atoms with Crippen molar-refractivity contribution in [2.75, 3.05) is 6.26 Å². The minimum atomic E-state index is -3.54. The topological polar surface area (TPSA) is 72.5 Å². The van der Waals surface area contributed by atoms with Crippen LogP contribution in [0.2, 0.25) is 0 Å². The Hall–Kier alpha value is -1.43. The Bertz CT molecular complexity index is 468. The smallest absolute Gasteiger partial charge is 0.252 e. The number of sulfonamides is 1. The lowest BCUT2D eigenvalue weighted by Gasteiger charge is -1.99. The second kappa shape index (κ2) is 3.75. The number of hydrogen-bond acceptors (Lipinski definition) is 2. The lowest BCUT2D eigenvalue weighted by molar-refractivity contribution is 0.603. The van der Waals surface area contributed by atoms with Crippen molar-refractivity contribution < 1.29 is 12.8 Å². The largest absolute Gasteiger partial charge is 0.383 e. The molecule has 0 saturated carbocycles. The average molecular weight is 216 g/mol. The molecule has 1 aromatic rings. The lowest BCUT2D eigenvalue weighted by Crippen LogP contribution is -2.15. The molecule has 0 heterocycles. The van der Waals surface area contributed by atoms with Gasteiger partial charge in [-0.2, -0.15) is 0 Å². The normalized spacial score (nSPS) is 12.9. The van der Waals surface area contributed by atoms with Gasteiger partial charge in [0, 0.05) is 5.56 Å². The van der Waals surface area contributed by atoms with Crippen LogP contribution in [0.3, 0.4) is 0 Å². The number of amidine groups is 1. The summed E-state index contributed by atoms with van der Waals surface area (Å²) in [6.45, 7) is 0. The number of halogens is 1. The van der Waals surface area contributed by atoms with Gasteiger partial charge in [0.15, 0.2) is 0 Å². The Labute approximate surface area is 81.3 Å². The summed E-state index contributed by atoms with van der Waals surface area (Å²) in [4.78, 5) is 0. The van der Waals surface area contributed by atoms with E-state index >= 15 is 0 Å². The summed E-state index contributed by atoms with van der Waals surface area (Å²) in [6.07, 6.45) is 0.916. The van der Waals surface area contributed by atoms with Gasteiger partial charge in [0.25, 0.3) is 10.0 Å². The maximum atomic E-state index is 12.7. The van der Waals surface area contributed by atoms with Gasteiger partial charge in [-0.05, 0) is 12.1 Å². The van der Waals surface area contributed by atoms with E-state index in [9.17, 15) is 12.8 Å². The van der Waals surface area contributed by atoms with Crippen LogP contribution in [0.4, 0.5) is 4.39 Å². The van der Waals surface area contributed by atoms with Crippen molar-refractivity contribution in [1.82, 2.24) is 0 Å². The van der Waals surface area contributed by atoms with Crippen LogP contribution in [0.5, 0.6) is 0 Å². The van der Waals surface area contributed by atoms with Gasteiger partial charge in [-0.3, -0.25) is 0 Å². The molecule has 0 unspecified atom stereocenters. The van der Waals surface area contributed by atoms with E-state index in [2.05, 4.69) is 4.40 Å². The summed E-state index contributed by atoms with van der Waals surface area (Å²) < 4.78 is 37.4. The van der Waals surface area contributed by atoms with Gasteiger partial charge in [0.05, 0.1) is 6.26 Å². The van der Waals surface area contributed by atoms with Crippen LogP contribution in [0.25, 0.3) is 0 Å². The molecule has 0 spiro atoms. The number of hydrogen-bond donors (Lipinski definition) is 1. The van der Waals surface area contributed by atoms with E-state index in [1.54, 1.807) is 0 Å². The van der Waals surface area contributed by atoms with E-state index in [4.69, 9.17) is 5.73 Å². The molecule has 0 amide bonds. The minimum absolute atomic E-state index is 0.216. The van der Waals surface area contributed by atoms with Gasteiger partial charge in [-0.1, -0.05) is 12.1 Å². The molecule has 0 bridgehead atoms. The molecule has 4 nitrogen and oxygen atoms in total. The molecule has 0 radical (unpaired) electrons. The van der Waals surface area contributed by atoms with Crippen molar-refractivity contribution in [3.63, 3.8) is 0 Å². The van der Waals surface area contributed by atoms with E-state index in [1.807, 2.05) is 0 Å². The molecule has 0 fully saturated rings. The molecule has 0 aliphatic rings. The highest BCUT2D eigenvalue weighted by atomic mass is 32.2. The highest BCUT2D eigenvalue weighted by Gasteiger charge is 2.03. The molecule has 0 aromatic heterocycles. The number of nitrogens with zero attached hydrogens (tertiary/aromatic N) is 1. The maximum absolute atomic E-state index is 12.7. The summed E-state index contributed by atoms with van der Waals surface area (Å²) in [5.41, 5.74) is 5.60. The highest BCUT2D eigenvalue weighted by molar-refractivity contribution is 7.89. The number of rotatable bonds is 2. The van der Waals surface area contributed by atoms with Crippen molar-refractivity contribution in [1.29, 1.82) is 0 Å². The fourth-order valence-corrected chi connectivity index (χ4v) is 1.34. The zero-order valence-electron chi connectivity index (χ0n) is 7.44. The predicted molar refractivity (Wildman–Crippen MR) is 52.0 cm³/mol. The SMILES string of the molecule is CS(=O)(=O)/N=C(/N)c1cccc(F)c1. The highest BCUT2D eigenvalue weighted by Crippen LogP contribution is 2.03. The second-order valence-electron chi connectivity index (χ2n) is 2.72. The zero-order valence-corrected chi connectivity index (χ0v) is 8.25. The monoisotopic (exact) mass is 216 g/mol. The number of benzene rings is 1. The fourth-order valence-electron chi connectivity index (χ4n) is 0.879. The van der Waals surface area contributed by atoms with Gasteiger partial charge in [-0.25, -0.2) is 12.8 Å². The fraction of sp³-hybridized carbons (Fsp3) is 0.125. The van der Waals surface area contributed by atoms with Gasteiger partial charge in [0.1, 0.15) is 11.7 Å². The van der Waals surface area contributed by atoms with Crippen molar-refractivity contribution in [3.8, 4) is 0 Å². The minimum Gasteiger partial charge on any atom is -0.383 e. The van der Waals surface area contributed by atoms with Crippen LogP contribution < -0.4 is 5.73 Å². The van der Waals surface area contributed by atoms with Crippen molar-refractivity contribution in [2.24, 2.45) is 10.1 Å². The maximum Gasteiger partial charge on any atom is 0.252 e. The van der Waals surface area contributed by atoms with Gasteiger partial charge >= 0.3 is 0 Å². The van der Waals surface area contributed by atoms with Crippen molar-refractivity contribution >= 4 is 15.9 Å². The van der Waals surface area contributed by atoms with Crippen LogP contribution >= 0.6 is 0 Å². The summed E-state index contributed by atoms with van der Waals surface area (Å²) in [5, 5.41) is 0. The summed E-state index contributed by atoms with van der Waals surface area (Å²) in [6, 6.07) is 5.25. The first kappa shape index (κ1) is 10.6. The molecule has 0 aliphatic carbocycles.